The molecule has 2 rings (SSSR count). The first-order chi connectivity index (χ1) is 6.48. The molecule has 0 N–H and O–H groups in total. The van der Waals surface area contributed by atoms with Crippen molar-refractivity contribution in [1.82, 2.24) is 0 Å². The van der Waals surface area contributed by atoms with Crippen molar-refractivity contribution in [3.05, 3.63) is 0 Å². The van der Waals surface area contributed by atoms with Crippen LogP contribution in [0.1, 0.15) is 20.8 Å². The molecule has 2 saturated heterocycles. The Morgan fingerprint density at radius 3 is 2.79 bits per heavy atom. The summed E-state index contributed by atoms with van der Waals surface area (Å²) in [5, 5.41) is 0. The Morgan fingerprint density at radius 1 is 1.43 bits per heavy atom. The standard InChI is InChI=1S/C9H14O5/c1-5(10)12-8-7-6(4-11-8)13-9(2,3)14-7/h6-8H,4H2,1-3H3/t6-,7?,8?/m0/s1. The molecule has 2 aliphatic rings. The second-order valence-electron chi connectivity index (χ2n) is 3.95. The summed E-state index contributed by atoms with van der Waals surface area (Å²) in [6, 6.07) is 0. The molecule has 0 amide bonds. The predicted octanol–water partition coefficient (Wildman–Crippen LogP) is 0.426. The number of fused-ring (bicyclic) bond motifs is 1. The van der Waals surface area contributed by atoms with Crippen LogP contribution < -0.4 is 0 Å². The average molecular weight is 202 g/mol. The van der Waals surface area contributed by atoms with Crippen LogP contribution in [0.4, 0.5) is 0 Å². The third kappa shape index (κ3) is 1.75. The summed E-state index contributed by atoms with van der Waals surface area (Å²) in [5.74, 6) is -0.985. The van der Waals surface area contributed by atoms with Crippen LogP contribution in [0.15, 0.2) is 0 Å². The highest BCUT2D eigenvalue weighted by Crippen LogP contribution is 2.35. The molecule has 5 heteroatoms. The van der Waals surface area contributed by atoms with Crippen LogP contribution in [0.3, 0.4) is 0 Å². The minimum Gasteiger partial charge on any atom is -0.433 e. The van der Waals surface area contributed by atoms with E-state index < -0.39 is 12.1 Å². The summed E-state index contributed by atoms with van der Waals surface area (Å²) in [6.07, 6.45) is -1.05. The molecule has 2 unspecified atom stereocenters. The third-order valence-corrected chi connectivity index (χ3v) is 2.20. The molecule has 14 heavy (non-hydrogen) atoms. The minimum absolute atomic E-state index is 0.130. The highest BCUT2D eigenvalue weighted by molar-refractivity contribution is 5.66. The molecule has 0 aromatic carbocycles. The summed E-state index contributed by atoms with van der Waals surface area (Å²) >= 11 is 0. The summed E-state index contributed by atoms with van der Waals surface area (Å²) in [4.78, 5) is 10.8. The Morgan fingerprint density at radius 2 is 2.14 bits per heavy atom. The van der Waals surface area contributed by atoms with Crippen LogP contribution in [0, 0.1) is 0 Å². The number of esters is 1. The van der Waals surface area contributed by atoms with Crippen LogP contribution in [0.5, 0.6) is 0 Å². The van der Waals surface area contributed by atoms with Gasteiger partial charge in [0, 0.05) is 6.92 Å². The summed E-state index contributed by atoms with van der Waals surface area (Å²) in [5.41, 5.74) is 0. The lowest BCUT2D eigenvalue weighted by molar-refractivity contribution is -0.218. The van der Waals surface area contributed by atoms with E-state index in [1.807, 2.05) is 13.8 Å². The molecule has 0 bridgehead atoms. The molecular weight excluding hydrogens is 188 g/mol. The maximum Gasteiger partial charge on any atom is 0.305 e. The molecule has 2 fully saturated rings. The molecular formula is C9H14O5. The highest BCUT2D eigenvalue weighted by atomic mass is 16.8. The van der Waals surface area contributed by atoms with E-state index in [-0.39, 0.29) is 18.2 Å². The second kappa shape index (κ2) is 3.18. The van der Waals surface area contributed by atoms with Crippen LogP contribution in [-0.2, 0) is 23.7 Å². The molecule has 0 radical (unpaired) electrons. The van der Waals surface area contributed by atoms with Gasteiger partial charge in [0.05, 0.1) is 6.61 Å². The molecule has 0 aromatic heterocycles. The molecule has 0 saturated carbocycles. The van der Waals surface area contributed by atoms with Gasteiger partial charge in [-0.05, 0) is 13.8 Å². The molecule has 2 aliphatic heterocycles. The van der Waals surface area contributed by atoms with E-state index in [1.165, 1.54) is 6.92 Å². The van der Waals surface area contributed by atoms with Gasteiger partial charge in [0.1, 0.15) is 6.10 Å². The lowest BCUT2D eigenvalue weighted by Crippen LogP contribution is -2.32. The fourth-order valence-electron chi connectivity index (χ4n) is 1.77. The van der Waals surface area contributed by atoms with Crippen molar-refractivity contribution in [3.63, 3.8) is 0 Å². The van der Waals surface area contributed by atoms with Gasteiger partial charge in [0.15, 0.2) is 11.9 Å². The van der Waals surface area contributed by atoms with E-state index in [2.05, 4.69) is 0 Å². The number of carbonyl (C=O) groups excluding carboxylic acids is 1. The van der Waals surface area contributed by atoms with Gasteiger partial charge in [-0.1, -0.05) is 0 Å². The van der Waals surface area contributed by atoms with E-state index in [0.717, 1.165) is 0 Å². The van der Waals surface area contributed by atoms with Gasteiger partial charge in [-0.25, -0.2) is 0 Å². The molecule has 0 spiro atoms. The van der Waals surface area contributed by atoms with Gasteiger partial charge < -0.3 is 18.9 Å². The van der Waals surface area contributed by atoms with Crippen molar-refractivity contribution in [1.29, 1.82) is 0 Å². The fraction of sp³-hybridized carbons (Fsp3) is 0.889. The van der Waals surface area contributed by atoms with E-state index in [0.29, 0.717) is 6.61 Å². The number of hydrogen-bond acceptors (Lipinski definition) is 5. The Kier molecular flexibility index (Phi) is 2.25. The first-order valence-corrected chi connectivity index (χ1v) is 4.62. The van der Waals surface area contributed by atoms with Crippen molar-refractivity contribution in [2.24, 2.45) is 0 Å². The van der Waals surface area contributed by atoms with Crippen molar-refractivity contribution in [2.45, 2.75) is 45.1 Å². The van der Waals surface area contributed by atoms with E-state index >= 15 is 0 Å². The lowest BCUT2D eigenvalue weighted by Gasteiger charge is -2.21. The first kappa shape index (κ1) is 9.89. The number of rotatable bonds is 1. The van der Waals surface area contributed by atoms with Crippen LogP contribution in [0.25, 0.3) is 0 Å². The number of carbonyl (C=O) groups is 1. The fourth-order valence-corrected chi connectivity index (χ4v) is 1.77. The maximum absolute atomic E-state index is 10.8. The van der Waals surface area contributed by atoms with E-state index in [9.17, 15) is 4.79 Å². The van der Waals surface area contributed by atoms with Crippen molar-refractivity contribution in [3.8, 4) is 0 Å². The normalized spacial score (nSPS) is 39.5. The quantitative estimate of drug-likeness (QED) is 0.577. The van der Waals surface area contributed by atoms with Gasteiger partial charge in [0.25, 0.3) is 0 Å². The number of hydrogen-bond donors (Lipinski definition) is 0. The third-order valence-electron chi connectivity index (χ3n) is 2.20. The molecule has 5 nitrogen and oxygen atoms in total. The zero-order chi connectivity index (χ0) is 10.3. The molecule has 80 valence electrons. The largest absolute Gasteiger partial charge is 0.433 e. The van der Waals surface area contributed by atoms with Gasteiger partial charge in [-0.2, -0.15) is 0 Å². The van der Waals surface area contributed by atoms with Gasteiger partial charge in [-0.3, -0.25) is 4.79 Å². The van der Waals surface area contributed by atoms with E-state index in [4.69, 9.17) is 18.9 Å². The monoisotopic (exact) mass is 202 g/mol. The molecule has 0 aliphatic carbocycles. The smallest absolute Gasteiger partial charge is 0.305 e. The predicted molar refractivity (Wildman–Crippen MR) is 45.3 cm³/mol. The molecule has 2 heterocycles. The van der Waals surface area contributed by atoms with Crippen molar-refractivity contribution in [2.75, 3.05) is 6.61 Å². The summed E-state index contributed by atoms with van der Waals surface area (Å²) in [6.45, 7) is 5.41. The zero-order valence-corrected chi connectivity index (χ0v) is 8.48. The van der Waals surface area contributed by atoms with Gasteiger partial charge in [0.2, 0.25) is 6.29 Å². The Bertz CT molecular complexity index is 250. The minimum atomic E-state index is -0.626. The zero-order valence-electron chi connectivity index (χ0n) is 8.48. The summed E-state index contributed by atoms with van der Waals surface area (Å²) in [7, 11) is 0. The topological polar surface area (TPSA) is 54.0 Å². The van der Waals surface area contributed by atoms with Crippen molar-refractivity contribution >= 4 is 5.97 Å². The molecule has 3 atom stereocenters. The maximum atomic E-state index is 10.8. The van der Waals surface area contributed by atoms with E-state index in [1.54, 1.807) is 0 Å². The Labute approximate surface area is 82.3 Å². The Balaban J connectivity index is 2.01. The highest BCUT2D eigenvalue weighted by Gasteiger charge is 2.51. The number of ether oxygens (including phenoxy) is 4. The second-order valence-corrected chi connectivity index (χ2v) is 3.95. The first-order valence-electron chi connectivity index (χ1n) is 4.62. The van der Waals surface area contributed by atoms with Gasteiger partial charge in [-0.15, -0.1) is 0 Å². The van der Waals surface area contributed by atoms with Crippen LogP contribution in [-0.4, -0.2) is 36.9 Å². The Hall–Kier alpha value is -0.650. The van der Waals surface area contributed by atoms with Crippen LogP contribution in [0.2, 0.25) is 0 Å². The average Bonchev–Trinajstić information content (AvgIpc) is 2.47. The molecule has 0 aromatic rings. The van der Waals surface area contributed by atoms with Gasteiger partial charge >= 0.3 is 5.97 Å². The van der Waals surface area contributed by atoms with Crippen LogP contribution >= 0.6 is 0 Å². The summed E-state index contributed by atoms with van der Waals surface area (Å²) < 4.78 is 21.3. The SMILES string of the molecule is CC(=O)OC1OC[C@@H]2OC(C)(C)OC12. The van der Waals surface area contributed by atoms with Crippen molar-refractivity contribution < 1.29 is 23.7 Å². The lowest BCUT2D eigenvalue weighted by atomic mass is 10.2.